The smallest absolute Gasteiger partial charge is 0.192 e. The molecule has 0 unspecified atom stereocenters. The van der Waals surface area contributed by atoms with Crippen LogP contribution in [0.3, 0.4) is 0 Å². The van der Waals surface area contributed by atoms with Gasteiger partial charge in [0.15, 0.2) is 8.32 Å². The first-order valence-electron chi connectivity index (χ1n) is 15.3. The lowest BCUT2D eigenvalue weighted by Gasteiger charge is -2.35. The van der Waals surface area contributed by atoms with Gasteiger partial charge in [-0.1, -0.05) is 63.3 Å². The minimum atomic E-state index is -1.72. The lowest BCUT2D eigenvalue weighted by molar-refractivity contribution is 0.327. The average Bonchev–Trinajstić information content (AvgIpc) is 2.99. The number of benzene rings is 1. The van der Waals surface area contributed by atoms with Crippen molar-refractivity contribution in [2.75, 3.05) is 20.8 Å². The maximum atomic E-state index is 6.27. The summed E-state index contributed by atoms with van der Waals surface area (Å²) in [6.07, 6.45) is 18.1. The maximum absolute atomic E-state index is 6.27. The highest BCUT2D eigenvalue weighted by molar-refractivity contribution is 7.98. The van der Waals surface area contributed by atoms with Crippen LogP contribution in [0.15, 0.2) is 84.1 Å². The van der Waals surface area contributed by atoms with Gasteiger partial charge in [0.25, 0.3) is 0 Å². The summed E-state index contributed by atoms with van der Waals surface area (Å²) in [7, 11) is 1.76. The van der Waals surface area contributed by atoms with Crippen molar-refractivity contribution in [3.63, 3.8) is 0 Å². The Labute approximate surface area is 265 Å². The van der Waals surface area contributed by atoms with Crippen LogP contribution in [-0.2, 0) is 29.4 Å². The topological polar surface area (TPSA) is 53.5 Å². The lowest BCUT2D eigenvalue weighted by atomic mass is 10.0. The largest absolute Gasteiger partial charge is 0.496 e. The predicted octanol–water partition coefficient (Wildman–Crippen LogP) is 9.42. The van der Waals surface area contributed by atoms with Crippen molar-refractivity contribution in [1.82, 2.24) is 9.97 Å². The van der Waals surface area contributed by atoms with Crippen LogP contribution in [0.25, 0.3) is 0 Å². The van der Waals surface area contributed by atoms with E-state index in [4.69, 9.17) is 18.9 Å². The first-order chi connectivity index (χ1) is 20.7. The van der Waals surface area contributed by atoms with Gasteiger partial charge >= 0.3 is 0 Å². The molecule has 3 aromatic rings. The van der Waals surface area contributed by atoms with Crippen LogP contribution in [0.2, 0.25) is 18.1 Å². The van der Waals surface area contributed by atoms with Crippen LogP contribution >= 0.6 is 11.8 Å². The third-order valence-corrected chi connectivity index (χ3v) is 13.6. The number of nitrogens with zero attached hydrogens (tertiary/aromatic N) is 2. The van der Waals surface area contributed by atoms with Crippen molar-refractivity contribution in [2.45, 2.75) is 88.1 Å². The Kier molecular flexibility index (Phi) is 14.0. The summed E-state index contributed by atoms with van der Waals surface area (Å²) in [5.41, 5.74) is 4.60. The summed E-state index contributed by atoms with van der Waals surface area (Å²) in [5.74, 6) is 2.66. The second kappa shape index (κ2) is 17.4. The zero-order chi connectivity index (χ0) is 31.1. The number of allylic oxidation sites excluding steroid dienone is 3. The first-order valence-corrected chi connectivity index (χ1v) is 19.2. The molecular formula is C36H50N2O3SSi. The molecule has 43 heavy (non-hydrogen) atoms. The fourth-order valence-electron chi connectivity index (χ4n) is 4.53. The van der Waals surface area contributed by atoms with Gasteiger partial charge in [0.1, 0.15) is 11.5 Å². The van der Waals surface area contributed by atoms with E-state index in [0.29, 0.717) is 6.61 Å². The highest BCUT2D eigenvalue weighted by atomic mass is 32.2. The van der Waals surface area contributed by atoms with Crippen LogP contribution in [0.4, 0.5) is 0 Å². The van der Waals surface area contributed by atoms with Crippen molar-refractivity contribution >= 4 is 20.1 Å². The summed E-state index contributed by atoms with van der Waals surface area (Å²) < 4.78 is 17.7. The van der Waals surface area contributed by atoms with Gasteiger partial charge in [-0.15, -0.1) is 11.8 Å². The lowest BCUT2D eigenvalue weighted by Crippen LogP contribution is -2.40. The van der Waals surface area contributed by atoms with E-state index in [1.807, 2.05) is 30.6 Å². The number of ether oxygens (including phenoxy) is 2. The minimum absolute atomic E-state index is 0.226. The summed E-state index contributed by atoms with van der Waals surface area (Å²) in [6.45, 7) is 12.1. The highest BCUT2D eigenvalue weighted by Crippen LogP contribution is 2.36. The Morgan fingerprint density at radius 1 is 0.721 bits per heavy atom. The second-order valence-electron chi connectivity index (χ2n) is 12.1. The molecule has 0 atom stereocenters. The highest BCUT2D eigenvalue weighted by Gasteiger charge is 2.36. The van der Waals surface area contributed by atoms with Gasteiger partial charge in [0.05, 0.1) is 26.5 Å². The molecule has 2 heterocycles. The van der Waals surface area contributed by atoms with E-state index in [1.54, 1.807) is 26.0 Å². The molecule has 5 nitrogen and oxygen atoms in total. The molecule has 0 saturated heterocycles. The molecule has 2 aromatic heterocycles. The Morgan fingerprint density at radius 2 is 1.26 bits per heavy atom. The molecule has 0 fully saturated rings. The molecule has 0 N–H and O–H groups in total. The summed E-state index contributed by atoms with van der Waals surface area (Å²) in [4.78, 5) is 10.7. The van der Waals surface area contributed by atoms with Gasteiger partial charge in [-0.2, -0.15) is 0 Å². The van der Waals surface area contributed by atoms with E-state index < -0.39 is 8.32 Å². The van der Waals surface area contributed by atoms with Crippen LogP contribution in [0.5, 0.6) is 11.5 Å². The predicted molar refractivity (Wildman–Crippen MR) is 184 cm³/mol. The molecule has 232 valence electrons. The third kappa shape index (κ3) is 11.0. The number of rotatable bonds is 17. The van der Waals surface area contributed by atoms with Gasteiger partial charge in [0.2, 0.25) is 0 Å². The van der Waals surface area contributed by atoms with E-state index >= 15 is 0 Å². The van der Waals surface area contributed by atoms with Crippen molar-refractivity contribution in [2.24, 2.45) is 0 Å². The Morgan fingerprint density at radius 3 is 1.84 bits per heavy atom. The Bertz CT molecular complexity index is 1320. The number of aryl methyl sites for hydroxylation is 1. The molecule has 0 radical (unpaired) electrons. The van der Waals surface area contributed by atoms with E-state index in [9.17, 15) is 0 Å². The van der Waals surface area contributed by atoms with Crippen LogP contribution < -0.4 is 9.47 Å². The molecule has 0 spiro atoms. The van der Waals surface area contributed by atoms with Crippen LogP contribution in [0.1, 0.15) is 62.5 Å². The quantitative estimate of drug-likeness (QED) is 0.0853. The number of aromatic nitrogens is 2. The fraction of sp³-hybridized carbons (Fsp3) is 0.444. The van der Waals surface area contributed by atoms with E-state index in [-0.39, 0.29) is 5.04 Å². The molecule has 0 saturated carbocycles. The molecule has 0 amide bonds. The molecule has 3 rings (SSSR count). The third-order valence-electron chi connectivity index (χ3n) is 8.11. The van der Waals surface area contributed by atoms with Crippen molar-refractivity contribution in [3.05, 3.63) is 102 Å². The van der Waals surface area contributed by atoms with Gasteiger partial charge in [-0.3, -0.25) is 9.97 Å². The van der Waals surface area contributed by atoms with E-state index in [1.165, 1.54) is 16.0 Å². The number of hydrogen-bond donors (Lipinski definition) is 0. The zero-order valence-electron chi connectivity index (χ0n) is 27.2. The normalized spacial score (nSPS) is 12.3. The molecule has 7 heteroatoms. The number of pyridine rings is 2. The number of thioether (sulfide) groups is 1. The molecule has 0 aliphatic carbocycles. The molecule has 0 bridgehead atoms. The standard InChI is InChI=1S/C36H50N2O3SSi/c1-36(2,3)43(6,7)41-27-17-11-15-20-30-32(37-25-23-34(30)39-4)22-16-9-8-14-21-31-33(38-26-24-35(31)40-5)28-42-29-18-12-10-13-19-29/h8-13,17-19,23-26H,14-16,20-22,27-28H2,1-7H3/b9-8-,17-11-. The Balaban J connectivity index is 1.52. The van der Waals surface area contributed by atoms with Gasteiger partial charge < -0.3 is 13.9 Å². The molecular weight excluding hydrogens is 569 g/mol. The van der Waals surface area contributed by atoms with E-state index in [0.717, 1.165) is 67.2 Å². The van der Waals surface area contributed by atoms with Crippen molar-refractivity contribution < 1.29 is 13.9 Å². The summed E-state index contributed by atoms with van der Waals surface area (Å²) in [6, 6.07) is 14.4. The molecule has 0 aliphatic heterocycles. The first kappa shape index (κ1) is 34.6. The van der Waals surface area contributed by atoms with Crippen LogP contribution in [0, 0.1) is 0 Å². The van der Waals surface area contributed by atoms with Gasteiger partial charge in [-0.25, -0.2) is 0 Å². The van der Waals surface area contributed by atoms with Crippen molar-refractivity contribution in [1.29, 1.82) is 0 Å². The maximum Gasteiger partial charge on any atom is 0.192 e. The van der Waals surface area contributed by atoms with Gasteiger partial charge in [0, 0.05) is 39.9 Å². The van der Waals surface area contributed by atoms with Crippen molar-refractivity contribution in [3.8, 4) is 11.5 Å². The summed E-state index contributed by atoms with van der Waals surface area (Å²) in [5, 5.41) is 0.226. The van der Waals surface area contributed by atoms with Crippen LogP contribution in [-0.4, -0.2) is 39.1 Å². The SMILES string of the molecule is COc1ccnc(CC/C=C\CCc2c(OC)ccnc2CSc2ccccc2)c1CC/C=C\CO[Si](C)(C)C(C)(C)C. The van der Waals surface area contributed by atoms with E-state index in [2.05, 4.69) is 87.4 Å². The monoisotopic (exact) mass is 618 g/mol. The number of hydrogen-bond acceptors (Lipinski definition) is 6. The molecule has 0 aliphatic rings. The summed E-state index contributed by atoms with van der Waals surface area (Å²) >= 11 is 1.80. The number of methoxy groups -OCH3 is 2. The Hall–Kier alpha value is -2.87. The zero-order valence-corrected chi connectivity index (χ0v) is 29.0. The average molecular weight is 619 g/mol. The minimum Gasteiger partial charge on any atom is -0.496 e. The fourth-order valence-corrected chi connectivity index (χ4v) is 6.37. The van der Waals surface area contributed by atoms with Gasteiger partial charge in [-0.05, 0) is 80.9 Å². The molecule has 1 aromatic carbocycles. The second-order valence-corrected chi connectivity index (χ2v) is 18.0.